The van der Waals surface area contributed by atoms with Gasteiger partial charge in [0.2, 0.25) is 0 Å². The molecule has 2 nitrogen and oxygen atoms in total. The Bertz CT molecular complexity index is 432. The van der Waals surface area contributed by atoms with Crippen LogP contribution in [0.25, 0.3) is 0 Å². The summed E-state index contributed by atoms with van der Waals surface area (Å²) in [5, 5.41) is 3.49. The molecule has 1 rings (SSSR count). The summed E-state index contributed by atoms with van der Waals surface area (Å²) in [6, 6.07) is 8.22. The number of rotatable bonds is 19. The Morgan fingerprint density at radius 1 is 0.667 bits per heavy atom. The number of unbranched alkanes of at least 4 members (excludes halogenated alkanes) is 13. The second kappa shape index (κ2) is 18.3. The highest BCUT2D eigenvalue weighted by Gasteiger charge is 1.97. The second-order valence-corrected chi connectivity index (χ2v) is 7.96. The van der Waals surface area contributed by atoms with Crippen molar-refractivity contribution in [3.05, 3.63) is 29.8 Å². The first-order valence-electron chi connectivity index (χ1n) is 11.7. The van der Waals surface area contributed by atoms with Gasteiger partial charge in [0.15, 0.2) is 0 Å². The predicted molar refractivity (Wildman–Crippen MR) is 120 cm³/mol. The third-order valence-electron chi connectivity index (χ3n) is 5.34. The number of aryl methyl sites for hydroxylation is 1. The Kier molecular flexibility index (Phi) is 16.3. The van der Waals surface area contributed by atoms with Crippen molar-refractivity contribution < 1.29 is 4.74 Å². The molecule has 0 aliphatic carbocycles. The number of nitrogens with one attached hydrogen (secondary N) is 1. The van der Waals surface area contributed by atoms with Gasteiger partial charge in [-0.1, -0.05) is 109 Å². The van der Waals surface area contributed by atoms with Crippen molar-refractivity contribution in [2.45, 2.75) is 104 Å². The van der Waals surface area contributed by atoms with E-state index in [2.05, 4.69) is 31.3 Å². The number of para-hydroxylation sites is 1. The highest BCUT2D eigenvalue weighted by molar-refractivity contribution is 5.31. The van der Waals surface area contributed by atoms with Gasteiger partial charge in [-0.2, -0.15) is 0 Å². The standard InChI is InChI=1S/C25H45NO/c1-3-4-5-6-7-8-9-10-11-12-13-14-15-18-21-26-22-23-27-25-20-17-16-19-24(25)2/h16-17,19-20,26H,3-15,18,21-23H2,1-2H3. The van der Waals surface area contributed by atoms with E-state index in [1.807, 2.05) is 12.1 Å². The fourth-order valence-corrected chi connectivity index (χ4v) is 3.52. The van der Waals surface area contributed by atoms with Gasteiger partial charge in [-0.05, 0) is 31.5 Å². The van der Waals surface area contributed by atoms with Gasteiger partial charge < -0.3 is 10.1 Å². The maximum Gasteiger partial charge on any atom is 0.122 e. The minimum absolute atomic E-state index is 0.753. The van der Waals surface area contributed by atoms with Crippen molar-refractivity contribution in [2.24, 2.45) is 0 Å². The molecule has 0 heterocycles. The van der Waals surface area contributed by atoms with Crippen LogP contribution < -0.4 is 10.1 Å². The molecule has 0 saturated carbocycles. The summed E-state index contributed by atoms with van der Waals surface area (Å²) in [5.74, 6) is 1.01. The molecule has 1 aromatic rings. The van der Waals surface area contributed by atoms with Crippen LogP contribution in [0.4, 0.5) is 0 Å². The van der Waals surface area contributed by atoms with Gasteiger partial charge in [-0.15, -0.1) is 0 Å². The molecular formula is C25H45NO. The SMILES string of the molecule is CCCCCCCCCCCCCCCCNCCOc1ccccc1C. The molecule has 156 valence electrons. The average Bonchev–Trinajstić information content (AvgIpc) is 2.68. The maximum atomic E-state index is 5.80. The molecule has 0 radical (unpaired) electrons. The average molecular weight is 376 g/mol. The van der Waals surface area contributed by atoms with E-state index < -0.39 is 0 Å². The van der Waals surface area contributed by atoms with E-state index in [0.717, 1.165) is 25.4 Å². The summed E-state index contributed by atoms with van der Waals surface area (Å²) in [4.78, 5) is 0. The summed E-state index contributed by atoms with van der Waals surface area (Å²) in [6.45, 7) is 7.20. The first kappa shape index (κ1) is 24.0. The Hall–Kier alpha value is -1.02. The van der Waals surface area contributed by atoms with Crippen LogP contribution in [-0.2, 0) is 0 Å². The van der Waals surface area contributed by atoms with E-state index in [1.165, 1.54) is 95.5 Å². The monoisotopic (exact) mass is 375 g/mol. The summed E-state index contributed by atoms with van der Waals surface area (Å²) < 4.78 is 5.80. The third kappa shape index (κ3) is 14.7. The normalized spacial score (nSPS) is 11.0. The molecular weight excluding hydrogens is 330 g/mol. The Labute approximate surface area is 169 Å². The predicted octanol–water partition coefficient (Wildman–Crippen LogP) is 7.44. The Morgan fingerprint density at radius 3 is 1.74 bits per heavy atom. The fourth-order valence-electron chi connectivity index (χ4n) is 3.52. The van der Waals surface area contributed by atoms with Crippen LogP contribution in [0.1, 0.15) is 102 Å². The van der Waals surface area contributed by atoms with E-state index in [1.54, 1.807) is 0 Å². The topological polar surface area (TPSA) is 21.3 Å². The minimum Gasteiger partial charge on any atom is -0.492 e. The lowest BCUT2D eigenvalue weighted by molar-refractivity contribution is 0.311. The molecule has 0 aliphatic rings. The van der Waals surface area contributed by atoms with Crippen molar-refractivity contribution in [3.63, 3.8) is 0 Å². The molecule has 0 bridgehead atoms. The first-order chi connectivity index (χ1) is 13.3. The molecule has 2 heteroatoms. The number of benzene rings is 1. The van der Waals surface area contributed by atoms with Gasteiger partial charge in [-0.25, -0.2) is 0 Å². The second-order valence-electron chi connectivity index (χ2n) is 7.96. The van der Waals surface area contributed by atoms with Gasteiger partial charge in [-0.3, -0.25) is 0 Å². The fraction of sp³-hybridized carbons (Fsp3) is 0.760. The molecule has 0 saturated heterocycles. The summed E-state index contributed by atoms with van der Waals surface area (Å²) in [7, 11) is 0. The van der Waals surface area contributed by atoms with Crippen LogP contribution in [0.5, 0.6) is 5.75 Å². The van der Waals surface area contributed by atoms with E-state index in [0.29, 0.717) is 0 Å². The zero-order valence-corrected chi connectivity index (χ0v) is 18.2. The number of ether oxygens (including phenoxy) is 1. The van der Waals surface area contributed by atoms with Crippen molar-refractivity contribution >= 4 is 0 Å². The largest absolute Gasteiger partial charge is 0.492 e. The number of hydrogen-bond donors (Lipinski definition) is 1. The van der Waals surface area contributed by atoms with Crippen LogP contribution in [0.2, 0.25) is 0 Å². The Balaban J connectivity index is 1.73. The van der Waals surface area contributed by atoms with Crippen molar-refractivity contribution in [2.75, 3.05) is 19.7 Å². The van der Waals surface area contributed by atoms with Gasteiger partial charge in [0, 0.05) is 6.54 Å². The molecule has 1 N–H and O–H groups in total. The lowest BCUT2D eigenvalue weighted by atomic mass is 10.0. The van der Waals surface area contributed by atoms with Crippen molar-refractivity contribution in [3.8, 4) is 5.75 Å². The maximum absolute atomic E-state index is 5.80. The van der Waals surface area contributed by atoms with Gasteiger partial charge in [0.25, 0.3) is 0 Å². The smallest absolute Gasteiger partial charge is 0.122 e. The van der Waals surface area contributed by atoms with Crippen LogP contribution in [0, 0.1) is 6.92 Å². The van der Waals surface area contributed by atoms with Crippen LogP contribution in [0.15, 0.2) is 24.3 Å². The summed E-state index contributed by atoms with van der Waals surface area (Å²) >= 11 is 0. The summed E-state index contributed by atoms with van der Waals surface area (Å²) in [5.41, 5.74) is 1.21. The summed E-state index contributed by atoms with van der Waals surface area (Å²) in [6.07, 6.45) is 19.9. The van der Waals surface area contributed by atoms with Gasteiger partial charge in [0.1, 0.15) is 12.4 Å². The van der Waals surface area contributed by atoms with E-state index in [9.17, 15) is 0 Å². The quantitative estimate of drug-likeness (QED) is 0.254. The first-order valence-corrected chi connectivity index (χ1v) is 11.7. The zero-order valence-electron chi connectivity index (χ0n) is 18.2. The molecule has 0 atom stereocenters. The third-order valence-corrected chi connectivity index (χ3v) is 5.34. The molecule has 27 heavy (non-hydrogen) atoms. The highest BCUT2D eigenvalue weighted by atomic mass is 16.5. The lowest BCUT2D eigenvalue weighted by Gasteiger charge is -2.09. The molecule has 0 spiro atoms. The van der Waals surface area contributed by atoms with Crippen LogP contribution >= 0.6 is 0 Å². The number of hydrogen-bond acceptors (Lipinski definition) is 2. The van der Waals surface area contributed by atoms with Gasteiger partial charge >= 0.3 is 0 Å². The van der Waals surface area contributed by atoms with Crippen LogP contribution in [-0.4, -0.2) is 19.7 Å². The molecule has 0 amide bonds. The van der Waals surface area contributed by atoms with E-state index in [-0.39, 0.29) is 0 Å². The zero-order chi connectivity index (χ0) is 19.4. The molecule has 0 fully saturated rings. The Morgan fingerprint density at radius 2 is 1.19 bits per heavy atom. The lowest BCUT2D eigenvalue weighted by Crippen LogP contribution is -2.22. The van der Waals surface area contributed by atoms with Crippen LogP contribution in [0.3, 0.4) is 0 Å². The van der Waals surface area contributed by atoms with Crippen molar-refractivity contribution in [1.29, 1.82) is 0 Å². The highest BCUT2D eigenvalue weighted by Crippen LogP contribution is 2.15. The van der Waals surface area contributed by atoms with Gasteiger partial charge in [0.05, 0.1) is 0 Å². The van der Waals surface area contributed by atoms with E-state index in [4.69, 9.17) is 4.74 Å². The minimum atomic E-state index is 0.753. The van der Waals surface area contributed by atoms with Crippen molar-refractivity contribution in [1.82, 2.24) is 5.32 Å². The molecule has 1 aromatic carbocycles. The molecule has 0 unspecified atom stereocenters. The molecule has 0 aromatic heterocycles. The van der Waals surface area contributed by atoms with E-state index >= 15 is 0 Å². The molecule has 0 aliphatic heterocycles.